The quantitative estimate of drug-likeness (QED) is 0.853. The summed E-state index contributed by atoms with van der Waals surface area (Å²) < 4.78 is 5.73. The molecule has 2 saturated carbocycles. The van der Waals surface area contributed by atoms with Gasteiger partial charge in [0.15, 0.2) is 0 Å². The number of carbonyl (C=O) groups is 1. The van der Waals surface area contributed by atoms with Crippen LogP contribution in [0.25, 0.3) is 0 Å². The lowest BCUT2D eigenvalue weighted by Crippen LogP contribution is -2.62. The first kappa shape index (κ1) is 15.5. The summed E-state index contributed by atoms with van der Waals surface area (Å²) in [6, 6.07) is 9.59. The van der Waals surface area contributed by atoms with Crippen molar-refractivity contribution in [3.63, 3.8) is 0 Å². The van der Waals surface area contributed by atoms with Crippen LogP contribution in [-0.4, -0.2) is 36.6 Å². The third kappa shape index (κ3) is 1.88. The topological polar surface area (TPSA) is 29.5 Å². The van der Waals surface area contributed by atoms with E-state index in [9.17, 15) is 4.79 Å². The molecule has 4 atom stereocenters. The molecule has 2 fully saturated rings. The highest BCUT2D eigenvalue weighted by atomic mass is 16.5. The monoisotopic (exact) mass is 301 g/mol. The van der Waals surface area contributed by atoms with Gasteiger partial charge >= 0.3 is 0 Å². The molecule has 3 heteroatoms. The minimum atomic E-state index is -0.177. The fraction of sp³-hybridized carbons (Fsp3) is 0.632. The van der Waals surface area contributed by atoms with E-state index in [1.54, 1.807) is 7.11 Å². The van der Waals surface area contributed by atoms with Gasteiger partial charge in [0, 0.05) is 25.6 Å². The van der Waals surface area contributed by atoms with Crippen molar-refractivity contribution in [1.29, 1.82) is 0 Å². The van der Waals surface area contributed by atoms with E-state index in [1.807, 2.05) is 42.3 Å². The Morgan fingerprint density at radius 3 is 2.36 bits per heavy atom. The van der Waals surface area contributed by atoms with E-state index in [1.165, 1.54) is 0 Å². The van der Waals surface area contributed by atoms with E-state index in [-0.39, 0.29) is 23.0 Å². The highest BCUT2D eigenvalue weighted by molar-refractivity contribution is 5.94. The summed E-state index contributed by atoms with van der Waals surface area (Å²) in [5.74, 6) is 1.15. The molecule has 2 aliphatic carbocycles. The number of fused-ring (bicyclic) bond motifs is 2. The molecular weight excluding hydrogens is 274 g/mol. The molecule has 2 bridgehead atoms. The lowest BCUT2D eigenvalue weighted by molar-refractivity contribution is -0.0785. The maximum atomic E-state index is 13.0. The fourth-order valence-electron chi connectivity index (χ4n) is 5.00. The van der Waals surface area contributed by atoms with Crippen LogP contribution in [0.3, 0.4) is 0 Å². The maximum Gasteiger partial charge on any atom is 0.254 e. The Kier molecular flexibility index (Phi) is 3.59. The van der Waals surface area contributed by atoms with Gasteiger partial charge in [0.1, 0.15) is 0 Å². The first-order valence-electron chi connectivity index (χ1n) is 8.20. The van der Waals surface area contributed by atoms with Gasteiger partial charge in [-0.15, -0.1) is 0 Å². The zero-order chi connectivity index (χ0) is 16.1. The Bertz CT molecular complexity index is 568. The van der Waals surface area contributed by atoms with Gasteiger partial charge in [-0.2, -0.15) is 0 Å². The van der Waals surface area contributed by atoms with E-state index in [0.29, 0.717) is 11.8 Å². The molecule has 1 amide bonds. The summed E-state index contributed by atoms with van der Waals surface area (Å²) in [5.41, 5.74) is 0.689. The Morgan fingerprint density at radius 1 is 1.18 bits per heavy atom. The molecule has 3 rings (SSSR count). The molecule has 0 aromatic heterocycles. The fourth-order valence-corrected chi connectivity index (χ4v) is 5.00. The standard InChI is InChI=1S/C19H27NO2/c1-18(2)14-11-15(16(12-14)22-5)19(18,3)20(4)17(21)13-9-7-6-8-10-13/h6-10,14-16H,11-12H2,1-5H3. The summed E-state index contributed by atoms with van der Waals surface area (Å²) in [5, 5.41) is 0. The van der Waals surface area contributed by atoms with Crippen LogP contribution in [0.5, 0.6) is 0 Å². The molecule has 4 unspecified atom stereocenters. The van der Waals surface area contributed by atoms with E-state index in [4.69, 9.17) is 4.74 Å². The lowest BCUT2D eigenvalue weighted by atomic mass is 9.62. The zero-order valence-corrected chi connectivity index (χ0v) is 14.3. The van der Waals surface area contributed by atoms with Crippen molar-refractivity contribution in [2.75, 3.05) is 14.2 Å². The molecule has 0 radical (unpaired) electrons. The summed E-state index contributed by atoms with van der Waals surface area (Å²) >= 11 is 0. The average molecular weight is 301 g/mol. The third-order valence-corrected chi connectivity index (χ3v) is 6.88. The van der Waals surface area contributed by atoms with Gasteiger partial charge in [-0.25, -0.2) is 0 Å². The molecule has 3 nitrogen and oxygen atoms in total. The van der Waals surface area contributed by atoms with Crippen LogP contribution in [0.2, 0.25) is 0 Å². The van der Waals surface area contributed by atoms with Crippen LogP contribution >= 0.6 is 0 Å². The molecule has 120 valence electrons. The predicted octanol–water partition coefficient (Wildman–Crippen LogP) is 3.60. The molecule has 1 aromatic rings. The van der Waals surface area contributed by atoms with Crippen molar-refractivity contribution in [1.82, 2.24) is 4.90 Å². The Hall–Kier alpha value is -1.35. The van der Waals surface area contributed by atoms with Crippen LogP contribution in [-0.2, 0) is 4.74 Å². The van der Waals surface area contributed by atoms with Gasteiger partial charge in [-0.3, -0.25) is 4.79 Å². The molecule has 0 heterocycles. The second kappa shape index (κ2) is 5.09. The SMILES string of the molecule is COC1CC2CC1C(C)(N(C)C(=O)c1ccccc1)C2(C)C. The maximum absolute atomic E-state index is 13.0. The molecule has 22 heavy (non-hydrogen) atoms. The van der Waals surface area contributed by atoms with Gasteiger partial charge in [0.2, 0.25) is 0 Å². The van der Waals surface area contributed by atoms with E-state index < -0.39 is 0 Å². The number of amides is 1. The second-order valence-corrected chi connectivity index (χ2v) is 7.65. The van der Waals surface area contributed by atoms with Crippen molar-refractivity contribution < 1.29 is 9.53 Å². The number of carbonyl (C=O) groups excluding carboxylic acids is 1. The van der Waals surface area contributed by atoms with Crippen LogP contribution < -0.4 is 0 Å². The molecule has 0 N–H and O–H groups in total. The van der Waals surface area contributed by atoms with Crippen molar-refractivity contribution >= 4 is 5.91 Å². The van der Waals surface area contributed by atoms with Crippen LogP contribution in [0, 0.1) is 17.3 Å². The van der Waals surface area contributed by atoms with Crippen LogP contribution in [0.4, 0.5) is 0 Å². The molecular formula is C19H27NO2. The van der Waals surface area contributed by atoms with Gasteiger partial charge in [0.25, 0.3) is 5.91 Å². The molecule has 0 aliphatic heterocycles. The number of hydrogen-bond acceptors (Lipinski definition) is 2. The number of ether oxygens (including phenoxy) is 1. The van der Waals surface area contributed by atoms with Gasteiger partial charge in [-0.05, 0) is 43.2 Å². The zero-order valence-electron chi connectivity index (χ0n) is 14.3. The van der Waals surface area contributed by atoms with E-state index >= 15 is 0 Å². The Balaban J connectivity index is 1.96. The van der Waals surface area contributed by atoms with Crippen LogP contribution in [0.1, 0.15) is 44.0 Å². The summed E-state index contributed by atoms with van der Waals surface area (Å²) in [4.78, 5) is 15.0. The van der Waals surface area contributed by atoms with E-state index in [0.717, 1.165) is 18.4 Å². The smallest absolute Gasteiger partial charge is 0.254 e. The number of methoxy groups -OCH3 is 1. The van der Waals surface area contributed by atoms with Crippen LogP contribution in [0.15, 0.2) is 30.3 Å². The summed E-state index contributed by atoms with van der Waals surface area (Å²) in [6.07, 6.45) is 2.56. The minimum absolute atomic E-state index is 0.103. The van der Waals surface area contributed by atoms with Crippen molar-refractivity contribution in [2.24, 2.45) is 17.3 Å². The molecule has 0 saturated heterocycles. The molecule has 0 spiro atoms. The number of rotatable bonds is 3. The largest absolute Gasteiger partial charge is 0.381 e. The Labute approximate surface area is 133 Å². The van der Waals surface area contributed by atoms with Crippen molar-refractivity contribution in [3.05, 3.63) is 35.9 Å². The Morgan fingerprint density at radius 2 is 1.82 bits per heavy atom. The second-order valence-electron chi connectivity index (χ2n) is 7.65. The van der Waals surface area contributed by atoms with Crippen molar-refractivity contribution in [2.45, 2.75) is 45.3 Å². The average Bonchev–Trinajstić information content (AvgIpc) is 3.05. The van der Waals surface area contributed by atoms with Gasteiger partial charge in [-0.1, -0.05) is 32.0 Å². The third-order valence-electron chi connectivity index (χ3n) is 6.88. The minimum Gasteiger partial charge on any atom is -0.381 e. The number of nitrogens with zero attached hydrogens (tertiary/aromatic N) is 1. The number of hydrogen-bond donors (Lipinski definition) is 0. The highest BCUT2D eigenvalue weighted by Crippen LogP contribution is 2.63. The number of benzene rings is 1. The summed E-state index contributed by atoms with van der Waals surface area (Å²) in [6.45, 7) is 6.89. The van der Waals surface area contributed by atoms with Gasteiger partial charge < -0.3 is 9.64 Å². The molecule has 1 aromatic carbocycles. The highest BCUT2D eigenvalue weighted by Gasteiger charge is 2.66. The van der Waals surface area contributed by atoms with E-state index in [2.05, 4.69) is 20.8 Å². The first-order chi connectivity index (χ1) is 10.3. The van der Waals surface area contributed by atoms with Gasteiger partial charge in [0.05, 0.1) is 11.6 Å². The lowest BCUT2D eigenvalue weighted by Gasteiger charge is -2.54. The first-order valence-corrected chi connectivity index (χ1v) is 8.20. The normalized spacial score (nSPS) is 35.6. The predicted molar refractivity (Wildman–Crippen MR) is 87.7 cm³/mol. The summed E-state index contributed by atoms with van der Waals surface area (Å²) in [7, 11) is 3.77. The van der Waals surface area contributed by atoms with Crippen molar-refractivity contribution in [3.8, 4) is 0 Å². The molecule has 2 aliphatic rings.